The van der Waals surface area contributed by atoms with Gasteiger partial charge >= 0.3 is 0 Å². The van der Waals surface area contributed by atoms with Crippen molar-refractivity contribution < 1.29 is 4.39 Å². The molecule has 1 aliphatic heterocycles. The van der Waals surface area contributed by atoms with E-state index in [2.05, 4.69) is 16.8 Å². The van der Waals surface area contributed by atoms with Crippen molar-refractivity contribution in [3.63, 3.8) is 0 Å². The van der Waals surface area contributed by atoms with E-state index in [1.165, 1.54) is 0 Å². The van der Waals surface area contributed by atoms with Gasteiger partial charge in [0.2, 0.25) is 0 Å². The Bertz CT molecular complexity index is 462. The molecule has 104 valence electrons. The Morgan fingerprint density at radius 2 is 1.84 bits per heavy atom. The fourth-order valence-corrected chi connectivity index (χ4v) is 2.97. The largest absolute Gasteiger partial charge is 0.367 e. The third-order valence-corrected chi connectivity index (χ3v) is 4.61. The molecule has 0 unspecified atom stereocenters. The minimum atomic E-state index is -0.276. The van der Waals surface area contributed by atoms with Gasteiger partial charge in [0.25, 0.3) is 0 Å². The first-order valence-electron chi connectivity index (χ1n) is 7.11. The summed E-state index contributed by atoms with van der Waals surface area (Å²) in [5, 5.41) is 0. The first-order chi connectivity index (χ1) is 9.08. The van der Waals surface area contributed by atoms with Gasteiger partial charge in [0.15, 0.2) is 0 Å². The van der Waals surface area contributed by atoms with Crippen LogP contribution in [0.25, 0.3) is 0 Å². The van der Waals surface area contributed by atoms with Crippen LogP contribution in [0, 0.1) is 5.82 Å². The Morgan fingerprint density at radius 3 is 2.37 bits per heavy atom. The van der Waals surface area contributed by atoms with Crippen molar-refractivity contribution in [2.75, 3.05) is 38.1 Å². The zero-order valence-electron chi connectivity index (χ0n) is 11.5. The SMILES string of the molecule is CN1CCN(c2ccc(C3(N)CCC3)cc2F)CC1. The smallest absolute Gasteiger partial charge is 0.146 e. The monoisotopic (exact) mass is 263 g/mol. The van der Waals surface area contributed by atoms with Crippen molar-refractivity contribution in [2.45, 2.75) is 24.8 Å². The standard InChI is InChI=1S/C15H22FN3/c1-18-7-9-19(10-8-18)14-4-3-12(11-13(14)16)15(17)5-2-6-15/h3-4,11H,2,5-10,17H2,1H3. The zero-order valence-corrected chi connectivity index (χ0v) is 11.5. The number of anilines is 1. The van der Waals surface area contributed by atoms with E-state index in [1.54, 1.807) is 6.07 Å². The number of hydrogen-bond acceptors (Lipinski definition) is 3. The molecule has 0 aromatic heterocycles. The van der Waals surface area contributed by atoms with Gasteiger partial charge in [0.1, 0.15) is 5.82 Å². The highest BCUT2D eigenvalue weighted by Crippen LogP contribution is 2.39. The van der Waals surface area contributed by atoms with Gasteiger partial charge in [-0.2, -0.15) is 0 Å². The summed E-state index contributed by atoms with van der Waals surface area (Å²) in [6.07, 6.45) is 3.10. The van der Waals surface area contributed by atoms with Gasteiger partial charge in [-0.05, 0) is 44.0 Å². The highest BCUT2D eigenvalue weighted by molar-refractivity contribution is 5.50. The predicted molar refractivity (Wildman–Crippen MR) is 75.8 cm³/mol. The highest BCUT2D eigenvalue weighted by Gasteiger charge is 2.35. The first kappa shape index (κ1) is 12.9. The van der Waals surface area contributed by atoms with E-state index >= 15 is 0 Å². The molecule has 1 saturated carbocycles. The summed E-state index contributed by atoms with van der Waals surface area (Å²) >= 11 is 0. The van der Waals surface area contributed by atoms with E-state index in [0.717, 1.165) is 56.7 Å². The molecule has 2 aliphatic rings. The molecule has 1 aliphatic carbocycles. The molecule has 0 atom stereocenters. The van der Waals surface area contributed by atoms with Crippen LogP contribution in [-0.2, 0) is 5.54 Å². The van der Waals surface area contributed by atoms with Gasteiger partial charge in [-0.25, -0.2) is 4.39 Å². The first-order valence-corrected chi connectivity index (χ1v) is 7.11. The number of hydrogen-bond donors (Lipinski definition) is 1. The Hall–Kier alpha value is -1.13. The molecular weight excluding hydrogens is 241 g/mol. The topological polar surface area (TPSA) is 32.5 Å². The van der Waals surface area contributed by atoms with Gasteiger partial charge in [-0.1, -0.05) is 6.07 Å². The lowest BCUT2D eigenvalue weighted by atomic mass is 9.73. The van der Waals surface area contributed by atoms with Crippen molar-refractivity contribution >= 4 is 5.69 Å². The zero-order chi connectivity index (χ0) is 13.5. The average molecular weight is 263 g/mol. The second-order valence-corrected chi connectivity index (χ2v) is 5.97. The minimum Gasteiger partial charge on any atom is -0.367 e. The molecule has 1 heterocycles. The molecule has 19 heavy (non-hydrogen) atoms. The van der Waals surface area contributed by atoms with Crippen LogP contribution in [0.5, 0.6) is 0 Å². The van der Waals surface area contributed by atoms with E-state index in [9.17, 15) is 4.39 Å². The number of nitrogens with zero attached hydrogens (tertiary/aromatic N) is 2. The lowest BCUT2D eigenvalue weighted by molar-refractivity contribution is 0.253. The van der Waals surface area contributed by atoms with Crippen LogP contribution in [-0.4, -0.2) is 38.1 Å². The second-order valence-electron chi connectivity index (χ2n) is 5.97. The molecule has 0 bridgehead atoms. The second kappa shape index (κ2) is 4.76. The highest BCUT2D eigenvalue weighted by atomic mass is 19.1. The van der Waals surface area contributed by atoms with E-state index in [1.807, 2.05) is 12.1 Å². The maximum atomic E-state index is 14.3. The molecule has 2 fully saturated rings. The molecule has 2 N–H and O–H groups in total. The predicted octanol–water partition coefficient (Wildman–Crippen LogP) is 1.92. The van der Waals surface area contributed by atoms with Crippen LogP contribution >= 0.6 is 0 Å². The summed E-state index contributed by atoms with van der Waals surface area (Å²) in [4.78, 5) is 4.40. The molecule has 3 nitrogen and oxygen atoms in total. The fraction of sp³-hybridized carbons (Fsp3) is 0.600. The molecule has 0 spiro atoms. The molecule has 0 amide bonds. The molecule has 3 rings (SSSR count). The summed E-state index contributed by atoms with van der Waals surface area (Å²) in [5.74, 6) is -0.126. The number of halogens is 1. The van der Waals surface area contributed by atoms with Crippen LogP contribution in [0.2, 0.25) is 0 Å². The van der Waals surface area contributed by atoms with E-state index in [0.29, 0.717) is 0 Å². The molecule has 0 radical (unpaired) electrons. The molecule has 1 saturated heterocycles. The summed E-state index contributed by atoms with van der Waals surface area (Å²) in [7, 11) is 2.10. The number of rotatable bonds is 2. The summed E-state index contributed by atoms with van der Waals surface area (Å²) in [6.45, 7) is 3.76. The number of benzene rings is 1. The maximum absolute atomic E-state index is 14.3. The third kappa shape index (κ3) is 2.35. The van der Waals surface area contributed by atoms with Crippen LogP contribution in [0.15, 0.2) is 18.2 Å². The van der Waals surface area contributed by atoms with Crippen LogP contribution in [0.1, 0.15) is 24.8 Å². The van der Waals surface area contributed by atoms with Crippen molar-refractivity contribution in [1.82, 2.24) is 4.90 Å². The maximum Gasteiger partial charge on any atom is 0.146 e. The Morgan fingerprint density at radius 1 is 1.16 bits per heavy atom. The molecular formula is C15H22FN3. The van der Waals surface area contributed by atoms with E-state index < -0.39 is 0 Å². The van der Waals surface area contributed by atoms with Gasteiger partial charge in [0, 0.05) is 31.7 Å². The molecule has 4 heteroatoms. The van der Waals surface area contributed by atoms with Crippen molar-refractivity contribution in [3.8, 4) is 0 Å². The van der Waals surface area contributed by atoms with Crippen LogP contribution in [0.4, 0.5) is 10.1 Å². The number of nitrogens with two attached hydrogens (primary N) is 1. The normalized spacial score (nSPS) is 23.2. The number of piperazine rings is 1. The quantitative estimate of drug-likeness (QED) is 0.885. The van der Waals surface area contributed by atoms with Crippen molar-refractivity contribution in [1.29, 1.82) is 0 Å². The summed E-state index contributed by atoms with van der Waals surface area (Å²) in [5.41, 5.74) is 7.65. The molecule has 1 aromatic carbocycles. The number of likely N-dealkylation sites (N-methyl/N-ethyl adjacent to an activating group) is 1. The third-order valence-electron chi connectivity index (χ3n) is 4.61. The Kier molecular flexibility index (Phi) is 3.23. The van der Waals surface area contributed by atoms with Gasteiger partial charge < -0.3 is 15.5 Å². The summed E-state index contributed by atoms with van der Waals surface area (Å²) < 4.78 is 14.3. The van der Waals surface area contributed by atoms with Gasteiger partial charge in [0.05, 0.1) is 5.69 Å². The lowest BCUT2D eigenvalue weighted by Crippen LogP contribution is -2.45. The summed E-state index contributed by atoms with van der Waals surface area (Å²) in [6, 6.07) is 5.56. The van der Waals surface area contributed by atoms with Gasteiger partial charge in [-0.3, -0.25) is 0 Å². The Labute approximate surface area is 114 Å². The Balaban J connectivity index is 1.80. The van der Waals surface area contributed by atoms with Gasteiger partial charge in [-0.15, -0.1) is 0 Å². The molecule has 1 aromatic rings. The van der Waals surface area contributed by atoms with E-state index in [4.69, 9.17) is 5.73 Å². The lowest BCUT2D eigenvalue weighted by Gasteiger charge is -2.39. The van der Waals surface area contributed by atoms with Crippen molar-refractivity contribution in [2.24, 2.45) is 5.73 Å². The fourth-order valence-electron chi connectivity index (χ4n) is 2.97. The van der Waals surface area contributed by atoms with Crippen LogP contribution in [0.3, 0.4) is 0 Å². The van der Waals surface area contributed by atoms with E-state index in [-0.39, 0.29) is 11.4 Å². The average Bonchev–Trinajstić information content (AvgIpc) is 2.37. The van der Waals surface area contributed by atoms with Crippen molar-refractivity contribution in [3.05, 3.63) is 29.6 Å². The minimum absolute atomic E-state index is 0.126. The van der Waals surface area contributed by atoms with Crippen LogP contribution < -0.4 is 10.6 Å².